The van der Waals surface area contributed by atoms with E-state index in [2.05, 4.69) is 19.2 Å². The van der Waals surface area contributed by atoms with E-state index < -0.39 is 15.7 Å². The number of nitrogens with zero attached hydrogens (tertiary/aromatic N) is 1. The molecule has 20 heavy (non-hydrogen) atoms. The summed E-state index contributed by atoms with van der Waals surface area (Å²) >= 11 is 0. The topological polar surface area (TPSA) is 72.2 Å². The van der Waals surface area contributed by atoms with Gasteiger partial charge in [0.1, 0.15) is 0 Å². The van der Waals surface area contributed by atoms with Crippen molar-refractivity contribution < 1.29 is 9.13 Å². The molecule has 1 aromatic carbocycles. The van der Waals surface area contributed by atoms with Crippen LogP contribution in [-0.4, -0.2) is 27.5 Å². The molecule has 6 heteroatoms. The smallest absolute Gasteiger partial charge is 0.269 e. The zero-order valence-corrected chi connectivity index (χ0v) is 12.8. The average molecular weight is 298 g/mol. The minimum atomic E-state index is -1.07. The predicted molar refractivity (Wildman–Crippen MR) is 81.4 cm³/mol. The normalized spacial score (nSPS) is 13.9. The van der Waals surface area contributed by atoms with Crippen LogP contribution in [-0.2, 0) is 10.8 Å². The van der Waals surface area contributed by atoms with E-state index in [-0.39, 0.29) is 5.69 Å². The first-order valence-corrected chi connectivity index (χ1v) is 8.22. The molecular weight excluding hydrogens is 276 g/mol. The third-order valence-corrected chi connectivity index (χ3v) is 4.54. The third-order valence-electron chi connectivity index (χ3n) is 3.08. The fraction of sp³-hybridized carbons (Fsp3) is 0.571. The molecule has 112 valence electrons. The second kappa shape index (κ2) is 8.81. The van der Waals surface area contributed by atoms with Crippen molar-refractivity contribution in [3.05, 3.63) is 34.4 Å². The van der Waals surface area contributed by atoms with Crippen molar-refractivity contribution in [1.82, 2.24) is 5.32 Å². The van der Waals surface area contributed by atoms with Crippen molar-refractivity contribution in [2.75, 3.05) is 12.3 Å². The van der Waals surface area contributed by atoms with Gasteiger partial charge in [-0.1, -0.05) is 13.3 Å². The lowest BCUT2D eigenvalue weighted by atomic mass is 10.1. The number of hydrogen-bond acceptors (Lipinski definition) is 4. The largest absolute Gasteiger partial charge is 0.315 e. The molecule has 0 fully saturated rings. The molecule has 0 bridgehead atoms. The highest BCUT2D eigenvalue weighted by atomic mass is 32.2. The molecule has 0 radical (unpaired) electrons. The fourth-order valence-corrected chi connectivity index (χ4v) is 3.11. The Morgan fingerprint density at radius 1 is 1.30 bits per heavy atom. The summed E-state index contributed by atoms with van der Waals surface area (Å²) in [5.41, 5.74) is 0.0326. The maximum atomic E-state index is 12.0. The van der Waals surface area contributed by atoms with Gasteiger partial charge in [0, 0.05) is 28.8 Å². The van der Waals surface area contributed by atoms with Gasteiger partial charge in [-0.05, 0) is 38.4 Å². The van der Waals surface area contributed by atoms with Gasteiger partial charge in [-0.3, -0.25) is 14.3 Å². The number of nitro benzene ring substituents is 1. The van der Waals surface area contributed by atoms with Crippen molar-refractivity contribution in [2.45, 2.75) is 44.0 Å². The molecule has 1 N–H and O–H groups in total. The SMILES string of the molecule is CCNC(C)CCCCS(=O)c1ccc([N+](=O)[O-])cc1. The van der Waals surface area contributed by atoms with Gasteiger partial charge in [-0.25, -0.2) is 0 Å². The Morgan fingerprint density at radius 2 is 1.95 bits per heavy atom. The van der Waals surface area contributed by atoms with E-state index in [0.717, 1.165) is 25.8 Å². The molecule has 0 aliphatic carbocycles. The molecule has 0 aromatic heterocycles. The highest BCUT2D eigenvalue weighted by Crippen LogP contribution is 2.15. The van der Waals surface area contributed by atoms with Gasteiger partial charge in [-0.15, -0.1) is 0 Å². The molecule has 1 rings (SSSR count). The maximum Gasteiger partial charge on any atom is 0.269 e. The molecule has 2 unspecified atom stereocenters. The molecule has 0 amide bonds. The molecule has 5 nitrogen and oxygen atoms in total. The summed E-state index contributed by atoms with van der Waals surface area (Å²) in [6.45, 7) is 5.20. The summed E-state index contributed by atoms with van der Waals surface area (Å²) in [5.74, 6) is 0.608. The Balaban J connectivity index is 2.34. The Kier molecular flexibility index (Phi) is 7.40. The van der Waals surface area contributed by atoms with E-state index >= 15 is 0 Å². The van der Waals surface area contributed by atoms with E-state index in [1.54, 1.807) is 12.1 Å². The molecule has 0 heterocycles. The summed E-state index contributed by atoms with van der Waals surface area (Å²) in [6, 6.07) is 6.46. The summed E-state index contributed by atoms with van der Waals surface area (Å²) in [6.07, 6.45) is 3.01. The van der Waals surface area contributed by atoms with Crippen LogP contribution in [0, 0.1) is 10.1 Å². The minimum Gasteiger partial charge on any atom is -0.315 e. The summed E-state index contributed by atoms with van der Waals surface area (Å²) in [7, 11) is -1.07. The van der Waals surface area contributed by atoms with Crippen LogP contribution in [0.5, 0.6) is 0 Å². The zero-order chi connectivity index (χ0) is 15.0. The van der Waals surface area contributed by atoms with E-state index in [9.17, 15) is 14.3 Å². The Labute approximate surface area is 122 Å². The number of rotatable bonds is 9. The highest BCUT2D eigenvalue weighted by molar-refractivity contribution is 7.85. The second-order valence-corrected chi connectivity index (χ2v) is 6.33. The quantitative estimate of drug-likeness (QED) is 0.432. The number of benzene rings is 1. The van der Waals surface area contributed by atoms with Crippen LogP contribution in [0.3, 0.4) is 0 Å². The lowest BCUT2D eigenvalue weighted by molar-refractivity contribution is -0.384. The lowest BCUT2D eigenvalue weighted by Gasteiger charge is -2.11. The van der Waals surface area contributed by atoms with E-state index in [4.69, 9.17) is 0 Å². The Bertz CT molecular complexity index is 448. The van der Waals surface area contributed by atoms with Crippen LogP contribution in [0.2, 0.25) is 0 Å². The third kappa shape index (κ3) is 5.79. The molecule has 0 aliphatic rings. The zero-order valence-electron chi connectivity index (χ0n) is 12.0. The molecule has 2 atom stereocenters. The number of non-ortho nitro benzene ring substituents is 1. The van der Waals surface area contributed by atoms with Crippen LogP contribution in [0.4, 0.5) is 5.69 Å². The number of hydrogen-bond donors (Lipinski definition) is 1. The highest BCUT2D eigenvalue weighted by Gasteiger charge is 2.08. The molecule has 0 saturated carbocycles. The molecule has 0 saturated heterocycles. The van der Waals surface area contributed by atoms with Crippen molar-refractivity contribution in [3.63, 3.8) is 0 Å². The van der Waals surface area contributed by atoms with Gasteiger partial charge in [0.05, 0.1) is 15.7 Å². The number of nitrogens with one attached hydrogen (secondary N) is 1. The first-order chi connectivity index (χ1) is 9.54. The Hall–Kier alpha value is -1.27. The molecular formula is C14H22N2O3S. The first kappa shape index (κ1) is 16.8. The summed E-state index contributed by atoms with van der Waals surface area (Å²) in [4.78, 5) is 10.7. The second-order valence-electron chi connectivity index (χ2n) is 4.76. The van der Waals surface area contributed by atoms with E-state index in [0.29, 0.717) is 16.7 Å². The summed E-state index contributed by atoms with van der Waals surface area (Å²) < 4.78 is 12.0. The molecule has 0 spiro atoms. The maximum absolute atomic E-state index is 12.0. The van der Waals surface area contributed by atoms with Crippen LogP contribution < -0.4 is 5.32 Å². The molecule has 1 aromatic rings. The molecule has 0 aliphatic heterocycles. The van der Waals surface area contributed by atoms with Gasteiger partial charge in [0.15, 0.2) is 0 Å². The Morgan fingerprint density at radius 3 is 2.50 bits per heavy atom. The monoisotopic (exact) mass is 298 g/mol. The van der Waals surface area contributed by atoms with Crippen LogP contribution >= 0.6 is 0 Å². The van der Waals surface area contributed by atoms with E-state index in [1.807, 2.05) is 0 Å². The van der Waals surface area contributed by atoms with Crippen molar-refractivity contribution in [2.24, 2.45) is 0 Å². The predicted octanol–water partition coefficient (Wildman–Crippen LogP) is 2.87. The van der Waals surface area contributed by atoms with Gasteiger partial charge >= 0.3 is 0 Å². The summed E-state index contributed by atoms with van der Waals surface area (Å²) in [5, 5.41) is 13.9. The van der Waals surface area contributed by atoms with Gasteiger partial charge in [0.2, 0.25) is 0 Å². The van der Waals surface area contributed by atoms with Crippen molar-refractivity contribution in [3.8, 4) is 0 Å². The van der Waals surface area contributed by atoms with Crippen LogP contribution in [0.1, 0.15) is 33.1 Å². The minimum absolute atomic E-state index is 0.0326. The van der Waals surface area contributed by atoms with Crippen molar-refractivity contribution >= 4 is 16.5 Å². The van der Waals surface area contributed by atoms with Gasteiger partial charge in [0.25, 0.3) is 5.69 Å². The number of unbranched alkanes of at least 4 members (excludes halogenated alkanes) is 1. The number of nitro groups is 1. The fourth-order valence-electron chi connectivity index (χ4n) is 1.97. The van der Waals surface area contributed by atoms with E-state index in [1.165, 1.54) is 12.1 Å². The standard InChI is InChI=1S/C14H22N2O3S/c1-3-15-12(2)6-4-5-11-20(19)14-9-7-13(8-10-14)16(17)18/h7-10,12,15H,3-6,11H2,1-2H3. The van der Waals surface area contributed by atoms with Gasteiger partial charge in [-0.2, -0.15) is 0 Å². The average Bonchev–Trinajstić information content (AvgIpc) is 2.43. The first-order valence-electron chi connectivity index (χ1n) is 6.90. The van der Waals surface area contributed by atoms with Crippen LogP contribution in [0.25, 0.3) is 0 Å². The van der Waals surface area contributed by atoms with Gasteiger partial charge < -0.3 is 5.32 Å². The van der Waals surface area contributed by atoms with Crippen molar-refractivity contribution in [1.29, 1.82) is 0 Å². The van der Waals surface area contributed by atoms with Crippen LogP contribution in [0.15, 0.2) is 29.2 Å². The lowest BCUT2D eigenvalue weighted by Crippen LogP contribution is -2.25.